The number of hydrogen-bond acceptors (Lipinski definition) is 6. The number of halogens is 1. The highest BCUT2D eigenvalue weighted by Crippen LogP contribution is 2.21. The van der Waals surface area contributed by atoms with Crippen LogP contribution in [0.1, 0.15) is 33.0 Å². The lowest BCUT2D eigenvalue weighted by Gasteiger charge is -2.16. The summed E-state index contributed by atoms with van der Waals surface area (Å²) in [5.41, 5.74) is 15.3. The first-order valence-electron chi connectivity index (χ1n) is 10.8. The molecule has 10 heteroatoms. The van der Waals surface area contributed by atoms with Crippen LogP contribution in [0.2, 0.25) is 0 Å². The van der Waals surface area contributed by atoms with Gasteiger partial charge in [-0.25, -0.2) is 9.87 Å². The number of nitrogens with one attached hydrogen (secondary N) is 3. The Balaban J connectivity index is 1.68. The summed E-state index contributed by atoms with van der Waals surface area (Å²) in [6.45, 7) is -0.148. The predicted molar refractivity (Wildman–Crippen MR) is 133 cm³/mol. The monoisotopic (exact) mass is 489 g/mol. The summed E-state index contributed by atoms with van der Waals surface area (Å²) in [5.74, 6) is 2.79. The molecule has 0 heterocycles. The topological polar surface area (TPSA) is 160 Å². The maximum absolute atomic E-state index is 12.9. The fourth-order valence-corrected chi connectivity index (χ4v) is 3.34. The Kier molecular flexibility index (Phi) is 8.72. The number of hydroxylamine groups is 1. The van der Waals surface area contributed by atoms with Crippen LogP contribution in [0.5, 0.6) is 0 Å². The fourth-order valence-electron chi connectivity index (χ4n) is 3.34. The molecule has 0 radical (unpaired) electrons. The van der Waals surface area contributed by atoms with Crippen LogP contribution in [0.4, 0.5) is 15.8 Å². The quantitative estimate of drug-likeness (QED) is 0.161. The molecule has 0 aliphatic rings. The van der Waals surface area contributed by atoms with Gasteiger partial charge in [-0.2, -0.15) is 0 Å². The summed E-state index contributed by atoms with van der Waals surface area (Å²) in [7, 11) is 0. The summed E-state index contributed by atoms with van der Waals surface area (Å²) in [6, 6.07) is 17.1. The molecule has 0 unspecified atom stereocenters. The number of hydrogen-bond donors (Lipinski definition) is 6. The van der Waals surface area contributed by atoms with E-state index in [2.05, 4.69) is 22.5 Å². The molecule has 0 saturated carbocycles. The molecule has 9 nitrogen and oxygen atoms in total. The lowest BCUT2D eigenvalue weighted by atomic mass is 9.91. The van der Waals surface area contributed by atoms with Crippen molar-refractivity contribution in [3.8, 4) is 11.8 Å². The predicted octanol–water partition coefficient (Wildman–Crippen LogP) is 1.92. The zero-order chi connectivity index (χ0) is 26.1. The molecule has 0 aliphatic heterocycles. The number of amides is 3. The average molecular weight is 490 g/mol. The van der Waals surface area contributed by atoms with Crippen LogP contribution in [-0.4, -0.2) is 36.0 Å². The van der Waals surface area contributed by atoms with Crippen molar-refractivity contribution in [3.63, 3.8) is 0 Å². The second-order valence-corrected chi connectivity index (χ2v) is 7.67. The number of carbonyl (C=O) groups excluding carboxylic acids is 3. The normalized spacial score (nSPS) is 11.0. The van der Waals surface area contributed by atoms with Crippen LogP contribution in [0, 0.1) is 17.7 Å². The van der Waals surface area contributed by atoms with Gasteiger partial charge in [0.1, 0.15) is 5.82 Å². The Morgan fingerprint density at radius 2 is 1.53 bits per heavy atom. The van der Waals surface area contributed by atoms with Crippen molar-refractivity contribution in [1.82, 2.24) is 5.48 Å². The molecule has 0 fully saturated rings. The number of rotatable bonds is 8. The van der Waals surface area contributed by atoms with Crippen LogP contribution in [0.3, 0.4) is 0 Å². The van der Waals surface area contributed by atoms with E-state index in [9.17, 15) is 18.8 Å². The Labute approximate surface area is 206 Å². The molecule has 3 aromatic carbocycles. The van der Waals surface area contributed by atoms with Gasteiger partial charge in [0.15, 0.2) is 0 Å². The third kappa shape index (κ3) is 6.89. The Bertz CT molecular complexity index is 1310. The lowest BCUT2D eigenvalue weighted by molar-refractivity contribution is -0.130. The number of primary amides is 1. The molecule has 3 amide bonds. The van der Waals surface area contributed by atoms with Gasteiger partial charge in [0.05, 0.1) is 12.5 Å². The van der Waals surface area contributed by atoms with Crippen LogP contribution in [0.25, 0.3) is 0 Å². The van der Waals surface area contributed by atoms with E-state index in [1.807, 2.05) is 0 Å². The highest BCUT2D eigenvalue weighted by molar-refractivity contribution is 5.97. The second kappa shape index (κ2) is 12.1. The second-order valence-electron chi connectivity index (χ2n) is 7.67. The van der Waals surface area contributed by atoms with Gasteiger partial charge in [0.25, 0.3) is 5.91 Å². The van der Waals surface area contributed by atoms with E-state index in [0.717, 1.165) is 0 Å². The van der Waals surface area contributed by atoms with Crippen molar-refractivity contribution >= 4 is 29.1 Å². The molecule has 0 aliphatic carbocycles. The van der Waals surface area contributed by atoms with Crippen LogP contribution in [0.15, 0.2) is 66.7 Å². The van der Waals surface area contributed by atoms with Gasteiger partial charge in [0.2, 0.25) is 11.8 Å². The first-order chi connectivity index (χ1) is 17.3. The molecule has 0 bridgehead atoms. The summed E-state index contributed by atoms with van der Waals surface area (Å²) in [6.07, 6.45) is 0. The summed E-state index contributed by atoms with van der Waals surface area (Å²) < 4.78 is 12.9. The van der Waals surface area contributed by atoms with Gasteiger partial charge >= 0.3 is 0 Å². The summed E-state index contributed by atoms with van der Waals surface area (Å²) in [4.78, 5) is 35.9. The summed E-state index contributed by atoms with van der Waals surface area (Å²) in [5, 5.41) is 14.6. The molecule has 3 rings (SSSR count). The Morgan fingerprint density at radius 3 is 2.14 bits per heavy atom. The van der Waals surface area contributed by atoms with E-state index in [-0.39, 0.29) is 35.9 Å². The van der Waals surface area contributed by atoms with Crippen LogP contribution < -0.4 is 27.6 Å². The summed E-state index contributed by atoms with van der Waals surface area (Å²) >= 11 is 0. The molecule has 0 saturated heterocycles. The third-order valence-electron chi connectivity index (χ3n) is 5.17. The van der Waals surface area contributed by atoms with Crippen LogP contribution >= 0.6 is 0 Å². The molecule has 1 atom stereocenters. The van der Waals surface area contributed by atoms with Crippen molar-refractivity contribution in [3.05, 3.63) is 94.8 Å². The maximum Gasteiger partial charge on any atom is 0.252 e. The van der Waals surface area contributed by atoms with Gasteiger partial charge in [-0.3, -0.25) is 19.6 Å². The van der Waals surface area contributed by atoms with Gasteiger partial charge in [-0.1, -0.05) is 11.8 Å². The van der Waals surface area contributed by atoms with Crippen molar-refractivity contribution < 1.29 is 24.0 Å². The molecule has 8 N–H and O–H groups in total. The average Bonchev–Trinajstić information content (AvgIpc) is 2.88. The number of nitrogens with two attached hydrogens (primary N) is 2. The maximum atomic E-state index is 12.9. The SMILES string of the molecule is NC[C@@H](C(=O)NO)c1cc(C#Cc2ccc(NC(=O)CNc3ccc(F)cc3)cc2)ccc1C(N)=O. The minimum atomic E-state index is -0.986. The molecular weight excluding hydrogens is 465 g/mol. The smallest absolute Gasteiger partial charge is 0.252 e. The Hall–Kier alpha value is -4.72. The number of carbonyl (C=O) groups is 3. The zero-order valence-electron chi connectivity index (χ0n) is 19.0. The Morgan fingerprint density at radius 1 is 0.917 bits per heavy atom. The van der Waals surface area contributed by atoms with Crippen molar-refractivity contribution in [2.45, 2.75) is 5.92 Å². The molecule has 0 aromatic heterocycles. The zero-order valence-corrected chi connectivity index (χ0v) is 19.0. The van der Waals surface area contributed by atoms with Gasteiger partial charge < -0.3 is 22.1 Å². The van der Waals surface area contributed by atoms with Crippen molar-refractivity contribution in [2.24, 2.45) is 11.5 Å². The molecule has 36 heavy (non-hydrogen) atoms. The van der Waals surface area contributed by atoms with Gasteiger partial charge in [-0.15, -0.1) is 0 Å². The van der Waals surface area contributed by atoms with E-state index in [1.54, 1.807) is 35.8 Å². The highest BCUT2D eigenvalue weighted by atomic mass is 19.1. The van der Waals surface area contributed by atoms with E-state index in [4.69, 9.17) is 16.7 Å². The molecule has 184 valence electrons. The molecular formula is C26H24FN5O4. The van der Waals surface area contributed by atoms with Crippen LogP contribution in [-0.2, 0) is 9.59 Å². The van der Waals surface area contributed by atoms with E-state index in [1.165, 1.54) is 36.4 Å². The minimum Gasteiger partial charge on any atom is -0.376 e. The van der Waals surface area contributed by atoms with Gasteiger partial charge in [0, 0.05) is 34.6 Å². The first kappa shape index (κ1) is 25.9. The van der Waals surface area contributed by atoms with Crippen molar-refractivity contribution in [2.75, 3.05) is 23.7 Å². The standard InChI is InChI=1S/C26H24FN5O4/c27-18-6-10-19(11-7-18)30-15-24(33)31-20-8-3-16(4-9-20)1-2-17-5-12-21(25(29)34)22(13-17)23(14-28)26(35)32-36/h3-13,23,30,36H,14-15,28H2,(H2,29,34)(H,31,33)(H,32,35)/t23-/m1/s1. The van der Waals surface area contributed by atoms with E-state index >= 15 is 0 Å². The number of benzene rings is 3. The number of anilines is 2. The first-order valence-corrected chi connectivity index (χ1v) is 10.8. The van der Waals surface area contributed by atoms with Gasteiger partial charge in [-0.05, 0) is 72.3 Å². The molecule has 3 aromatic rings. The third-order valence-corrected chi connectivity index (χ3v) is 5.17. The molecule has 0 spiro atoms. The van der Waals surface area contributed by atoms with E-state index in [0.29, 0.717) is 22.5 Å². The highest BCUT2D eigenvalue weighted by Gasteiger charge is 2.23. The fraction of sp³-hybridized carbons (Fsp3) is 0.115. The van der Waals surface area contributed by atoms with E-state index < -0.39 is 17.7 Å². The van der Waals surface area contributed by atoms with Crippen molar-refractivity contribution in [1.29, 1.82) is 0 Å². The minimum absolute atomic E-state index is 0.00885. The largest absolute Gasteiger partial charge is 0.376 e. The lowest BCUT2D eigenvalue weighted by Crippen LogP contribution is -2.33.